The fraction of sp³-hybridized carbons (Fsp3) is 0.250. The Labute approximate surface area is 360 Å². The summed E-state index contributed by atoms with van der Waals surface area (Å²) in [7, 11) is 3.19. The van der Waals surface area contributed by atoms with E-state index in [9.17, 15) is 14.4 Å². The summed E-state index contributed by atoms with van der Waals surface area (Å²) in [6.45, 7) is 3.49. The number of ketones is 1. The lowest BCUT2D eigenvalue weighted by Gasteiger charge is -2.14. The van der Waals surface area contributed by atoms with E-state index in [0.29, 0.717) is 56.3 Å². The van der Waals surface area contributed by atoms with Crippen molar-refractivity contribution < 1.29 is 23.9 Å². The molecule has 0 saturated carbocycles. The highest BCUT2D eigenvalue weighted by molar-refractivity contribution is 6.31. The summed E-state index contributed by atoms with van der Waals surface area (Å²) in [5.41, 5.74) is 5.95. The third-order valence-corrected chi connectivity index (χ3v) is 11.0. The van der Waals surface area contributed by atoms with E-state index >= 15 is 0 Å². The Hall–Kier alpha value is -6.71. The summed E-state index contributed by atoms with van der Waals surface area (Å²) in [6.07, 6.45) is -0.180. The Bertz CT molecular complexity index is 2730. The molecule has 2 N–H and O–H groups in total. The Balaban J connectivity index is 0.932. The Morgan fingerprint density at radius 1 is 0.623 bits per heavy atom. The molecule has 8 rings (SSSR count). The molecule has 310 valence electrons. The lowest BCUT2D eigenvalue weighted by Crippen LogP contribution is -2.33. The standard InChI is InChI=1S/C44H40Cl2N10O5/c1-24-51-53-43-35(49-41(26-5-9-28(45)10-6-26)33-19-31(60-3)13-15-37(33)55(24)43)21-39(58)47-18-17-30(57)23-48-40(59)22-36-44-54-52-25(2)56(44)38-16-14-32(61-4)20-34(38)42(50-36)27-7-11-29(46)12-8-27/h5-16,19-20,35-36H,17-18,21-23H2,1-4H3,(H,47,58)(H,48,59)/t35-,36-/m1/s1. The number of rotatable bonds is 13. The van der Waals surface area contributed by atoms with E-state index < -0.39 is 18.0 Å². The number of carbonyl (C=O) groups excluding carboxylic acids is 3. The highest BCUT2D eigenvalue weighted by Gasteiger charge is 2.32. The number of halogens is 2. The molecular formula is C44H40Cl2N10O5. The van der Waals surface area contributed by atoms with E-state index in [1.54, 1.807) is 38.5 Å². The third-order valence-electron chi connectivity index (χ3n) is 10.5. The number of fused-ring (bicyclic) bond motifs is 6. The van der Waals surface area contributed by atoms with Gasteiger partial charge in [-0.3, -0.25) is 33.5 Å². The van der Waals surface area contributed by atoms with Gasteiger partial charge in [0.1, 0.15) is 35.2 Å². The van der Waals surface area contributed by atoms with Crippen LogP contribution in [0.4, 0.5) is 0 Å². The molecule has 17 heteroatoms. The summed E-state index contributed by atoms with van der Waals surface area (Å²) in [4.78, 5) is 50.1. The average Bonchev–Trinajstić information content (AvgIpc) is 3.77. The number of ether oxygens (including phenoxy) is 2. The molecule has 4 heterocycles. The Morgan fingerprint density at radius 2 is 1.07 bits per heavy atom. The maximum absolute atomic E-state index is 13.5. The van der Waals surface area contributed by atoms with E-state index in [1.807, 2.05) is 83.6 Å². The van der Waals surface area contributed by atoms with Gasteiger partial charge in [0, 0.05) is 45.3 Å². The van der Waals surface area contributed by atoms with Crippen LogP contribution in [0.2, 0.25) is 10.0 Å². The molecule has 15 nitrogen and oxygen atoms in total. The van der Waals surface area contributed by atoms with Gasteiger partial charge < -0.3 is 20.1 Å². The van der Waals surface area contributed by atoms with E-state index in [0.717, 1.165) is 33.6 Å². The van der Waals surface area contributed by atoms with Crippen LogP contribution in [0, 0.1) is 13.8 Å². The van der Waals surface area contributed by atoms with Crippen LogP contribution in [0.15, 0.2) is 94.9 Å². The first-order chi connectivity index (χ1) is 29.5. The average molecular weight is 860 g/mol. The smallest absolute Gasteiger partial charge is 0.222 e. The van der Waals surface area contributed by atoms with Crippen molar-refractivity contribution in [3.63, 3.8) is 0 Å². The Kier molecular flexibility index (Phi) is 11.8. The van der Waals surface area contributed by atoms with E-state index in [-0.39, 0.29) is 44.0 Å². The van der Waals surface area contributed by atoms with Gasteiger partial charge in [0.15, 0.2) is 17.4 Å². The van der Waals surface area contributed by atoms with Crippen molar-refractivity contribution in [2.45, 2.75) is 45.2 Å². The second-order valence-electron chi connectivity index (χ2n) is 14.5. The van der Waals surface area contributed by atoms with Gasteiger partial charge in [-0.1, -0.05) is 47.5 Å². The number of aromatic nitrogens is 6. The molecule has 2 aliphatic heterocycles. The first-order valence-electron chi connectivity index (χ1n) is 19.4. The van der Waals surface area contributed by atoms with Crippen molar-refractivity contribution in [2.24, 2.45) is 9.98 Å². The highest BCUT2D eigenvalue weighted by atomic mass is 35.5. The van der Waals surface area contributed by atoms with Gasteiger partial charge in [-0.15, -0.1) is 20.4 Å². The predicted molar refractivity (Wildman–Crippen MR) is 230 cm³/mol. The first kappa shape index (κ1) is 41.0. The van der Waals surface area contributed by atoms with Crippen molar-refractivity contribution in [3.8, 4) is 22.9 Å². The van der Waals surface area contributed by atoms with Gasteiger partial charge in [0.2, 0.25) is 11.8 Å². The highest BCUT2D eigenvalue weighted by Crippen LogP contribution is 2.36. The van der Waals surface area contributed by atoms with Crippen LogP contribution in [0.1, 0.15) is 76.9 Å². The zero-order valence-corrected chi connectivity index (χ0v) is 35.2. The molecule has 61 heavy (non-hydrogen) atoms. The minimum atomic E-state index is -0.740. The summed E-state index contributed by atoms with van der Waals surface area (Å²) < 4.78 is 14.9. The summed E-state index contributed by atoms with van der Waals surface area (Å²) in [5, 5.41) is 24.2. The fourth-order valence-corrected chi connectivity index (χ4v) is 7.73. The molecule has 0 bridgehead atoms. The van der Waals surface area contributed by atoms with Crippen LogP contribution in [-0.4, -0.2) is 85.9 Å². The molecule has 2 aromatic heterocycles. The van der Waals surface area contributed by atoms with Gasteiger partial charge in [-0.2, -0.15) is 0 Å². The molecule has 0 aliphatic carbocycles. The molecule has 2 aliphatic rings. The third kappa shape index (κ3) is 8.52. The number of hydrogen-bond donors (Lipinski definition) is 2. The molecule has 0 saturated heterocycles. The van der Waals surface area contributed by atoms with Gasteiger partial charge in [-0.05, 0) is 74.5 Å². The molecule has 0 radical (unpaired) electrons. The van der Waals surface area contributed by atoms with Crippen LogP contribution in [0.5, 0.6) is 11.5 Å². The van der Waals surface area contributed by atoms with Crippen LogP contribution in [0.3, 0.4) is 0 Å². The van der Waals surface area contributed by atoms with Gasteiger partial charge in [-0.25, -0.2) is 0 Å². The number of aryl methyl sites for hydroxylation is 2. The number of nitrogens with one attached hydrogen (secondary N) is 2. The monoisotopic (exact) mass is 858 g/mol. The number of carbonyl (C=O) groups is 3. The first-order valence-corrected chi connectivity index (χ1v) is 20.2. The van der Waals surface area contributed by atoms with Crippen LogP contribution >= 0.6 is 23.2 Å². The van der Waals surface area contributed by atoms with Crippen molar-refractivity contribution in [1.82, 2.24) is 40.2 Å². The molecule has 2 amide bonds. The second kappa shape index (κ2) is 17.5. The zero-order valence-electron chi connectivity index (χ0n) is 33.6. The number of aliphatic imine (C=N–C) groups is 2. The molecule has 2 atom stereocenters. The number of Topliss-reactive ketones (excluding diaryl/α,β-unsaturated/α-hetero) is 1. The number of benzene rings is 4. The number of amides is 2. The largest absolute Gasteiger partial charge is 0.497 e. The summed E-state index contributed by atoms with van der Waals surface area (Å²) >= 11 is 12.5. The second-order valence-corrected chi connectivity index (χ2v) is 15.3. The van der Waals surface area contributed by atoms with Gasteiger partial charge in [0.05, 0.1) is 56.4 Å². The minimum absolute atomic E-state index is 0.0105. The number of hydrogen-bond acceptors (Lipinski definition) is 11. The topological polar surface area (TPSA) is 180 Å². The normalized spacial score (nSPS) is 15.1. The van der Waals surface area contributed by atoms with E-state index in [2.05, 4.69) is 31.0 Å². The van der Waals surface area contributed by atoms with E-state index in [1.165, 1.54) is 0 Å². The molecule has 0 unspecified atom stereocenters. The van der Waals surface area contributed by atoms with Crippen molar-refractivity contribution in [3.05, 3.63) is 141 Å². The molecule has 0 spiro atoms. The lowest BCUT2D eigenvalue weighted by atomic mass is 10.00. The van der Waals surface area contributed by atoms with Crippen molar-refractivity contribution >= 4 is 52.2 Å². The van der Waals surface area contributed by atoms with Crippen molar-refractivity contribution in [1.29, 1.82) is 0 Å². The SMILES string of the molecule is COc1ccc2c(c1)C(c1ccc(Cl)cc1)=N[C@H](CC(=O)NCCC(=O)CNC(=O)C[C@H]1N=C(c3ccc(Cl)cc3)c3cc(OC)ccc3-n3c(C)nnc31)c1nnc(C)n1-2. The van der Waals surface area contributed by atoms with Crippen molar-refractivity contribution in [2.75, 3.05) is 27.3 Å². The number of methoxy groups -OCH3 is 2. The Morgan fingerprint density at radius 3 is 1.51 bits per heavy atom. The van der Waals surface area contributed by atoms with Gasteiger partial charge >= 0.3 is 0 Å². The van der Waals surface area contributed by atoms with Gasteiger partial charge in [0.25, 0.3) is 0 Å². The zero-order chi connectivity index (χ0) is 42.8. The molecule has 0 fully saturated rings. The summed E-state index contributed by atoms with van der Waals surface area (Å²) in [5.74, 6) is 2.48. The fourth-order valence-electron chi connectivity index (χ4n) is 7.48. The quantitative estimate of drug-likeness (QED) is 0.136. The molecule has 4 aromatic carbocycles. The summed E-state index contributed by atoms with van der Waals surface area (Å²) in [6, 6.07) is 24.4. The van der Waals surface area contributed by atoms with E-state index in [4.69, 9.17) is 42.7 Å². The maximum atomic E-state index is 13.5. The minimum Gasteiger partial charge on any atom is -0.497 e. The number of nitrogens with zero attached hydrogens (tertiary/aromatic N) is 8. The predicted octanol–water partition coefficient (Wildman–Crippen LogP) is 6.25. The molecular weight excluding hydrogens is 819 g/mol. The van der Waals surface area contributed by atoms with Crippen LogP contribution in [-0.2, 0) is 14.4 Å². The molecule has 6 aromatic rings. The van der Waals surface area contributed by atoms with Crippen LogP contribution < -0.4 is 20.1 Å². The maximum Gasteiger partial charge on any atom is 0.222 e. The van der Waals surface area contributed by atoms with Crippen LogP contribution in [0.25, 0.3) is 11.4 Å². The lowest BCUT2D eigenvalue weighted by molar-refractivity contribution is -0.125.